The molecule has 1 aliphatic heterocycles. The van der Waals surface area contributed by atoms with Crippen LogP contribution < -0.4 is 10.1 Å². The number of halogens is 1. The molecule has 1 amide bonds. The Hall–Kier alpha value is -4.07. The molecule has 0 spiro atoms. The van der Waals surface area contributed by atoms with Gasteiger partial charge in [-0.15, -0.1) is 0 Å². The SMILES string of the molecule is COc1ccc(-c2cnc3c(Nc4ccc(C(=O)N(C)CCOCCN5CCS(=O)(=O)CC5)c(C)c4)nccn23)cc1F. The summed E-state index contributed by atoms with van der Waals surface area (Å²) in [5.41, 5.74) is 4.04. The molecule has 13 heteroatoms. The molecule has 0 atom stereocenters. The number of carbonyl (C=O) groups excluding carboxylic acids is 1. The van der Waals surface area contributed by atoms with Gasteiger partial charge >= 0.3 is 0 Å². The lowest BCUT2D eigenvalue weighted by atomic mass is 10.1. The fourth-order valence-corrected chi connectivity index (χ4v) is 6.22. The third-order valence-corrected chi connectivity index (χ3v) is 9.11. The number of hydrogen-bond acceptors (Lipinski definition) is 9. The number of ether oxygens (including phenoxy) is 2. The Bertz CT molecular complexity index is 1710. The van der Waals surface area contributed by atoms with Gasteiger partial charge in [0.25, 0.3) is 5.91 Å². The molecule has 1 fully saturated rings. The molecule has 0 unspecified atom stereocenters. The largest absolute Gasteiger partial charge is 0.494 e. The van der Waals surface area contributed by atoms with E-state index in [2.05, 4.69) is 20.2 Å². The van der Waals surface area contributed by atoms with Crippen LogP contribution in [0.4, 0.5) is 15.9 Å². The molecule has 11 nitrogen and oxygen atoms in total. The fraction of sp³-hybridized carbons (Fsp3) is 0.367. The lowest BCUT2D eigenvalue weighted by molar-refractivity contribution is 0.0656. The van der Waals surface area contributed by atoms with Gasteiger partial charge in [0, 0.05) is 62.4 Å². The van der Waals surface area contributed by atoms with Gasteiger partial charge in [0.2, 0.25) is 0 Å². The zero-order valence-electron chi connectivity index (χ0n) is 24.4. The topological polar surface area (TPSA) is 118 Å². The summed E-state index contributed by atoms with van der Waals surface area (Å²) in [4.78, 5) is 25.8. The number of imidazole rings is 1. The number of anilines is 2. The number of amides is 1. The first kappa shape index (κ1) is 30.4. The summed E-state index contributed by atoms with van der Waals surface area (Å²) in [5, 5.41) is 3.29. The second kappa shape index (κ2) is 13.1. The van der Waals surface area contributed by atoms with Crippen molar-refractivity contribution in [1.82, 2.24) is 24.2 Å². The van der Waals surface area contributed by atoms with Crippen LogP contribution in [0.1, 0.15) is 15.9 Å². The predicted octanol–water partition coefficient (Wildman–Crippen LogP) is 3.42. The standard InChI is InChI=1S/C30H35FN6O5S/c1-21-18-23(5-6-24(21)30(38)35(2)10-14-42-15-11-36-12-16-43(39,40)17-13-36)34-28-29-33-20-26(37(29)9-8-32-28)22-4-7-27(41-3)25(31)19-22/h4-9,18-20H,10-17H2,1-3H3,(H,32,34). The molecule has 0 aliphatic carbocycles. The van der Waals surface area contributed by atoms with Crippen LogP contribution in [-0.4, -0.2) is 104 Å². The second-order valence-corrected chi connectivity index (χ2v) is 12.8. The van der Waals surface area contributed by atoms with Gasteiger partial charge in [-0.1, -0.05) is 0 Å². The summed E-state index contributed by atoms with van der Waals surface area (Å²) in [6.07, 6.45) is 5.06. The lowest BCUT2D eigenvalue weighted by Gasteiger charge is -2.26. The first-order chi connectivity index (χ1) is 20.6. The number of rotatable bonds is 11. The van der Waals surface area contributed by atoms with Crippen molar-refractivity contribution >= 4 is 32.9 Å². The van der Waals surface area contributed by atoms with E-state index in [1.165, 1.54) is 13.2 Å². The number of hydrogen-bond donors (Lipinski definition) is 1. The Labute approximate surface area is 250 Å². The molecular weight excluding hydrogens is 575 g/mol. The van der Waals surface area contributed by atoms with Crippen LogP contribution >= 0.6 is 0 Å². The van der Waals surface area contributed by atoms with Gasteiger partial charge in [0.15, 0.2) is 32.9 Å². The highest BCUT2D eigenvalue weighted by Crippen LogP contribution is 2.29. The van der Waals surface area contributed by atoms with Crippen molar-refractivity contribution in [2.75, 3.05) is 70.4 Å². The van der Waals surface area contributed by atoms with E-state index in [9.17, 15) is 17.6 Å². The summed E-state index contributed by atoms with van der Waals surface area (Å²) >= 11 is 0. The summed E-state index contributed by atoms with van der Waals surface area (Å²) in [7, 11) is 0.269. The van der Waals surface area contributed by atoms with E-state index < -0.39 is 15.7 Å². The van der Waals surface area contributed by atoms with Crippen molar-refractivity contribution < 1.29 is 27.1 Å². The van der Waals surface area contributed by atoms with Crippen molar-refractivity contribution in [2.45, 2.75) is 6.92 Å². The van der Waals surface area contributed by atoms with Crippen molar-refractivity contribution in [3.63, 3.8) is 0 Å². The zero-order chi connectivity index (χ0) is 30.6. The van der Waals surface area contributed by atoms with E-state index in [-0.39, 0.29) is 23.2 Å². The van der Waals surface area contributed by atoms with Gasteiger partial charge in [-0.05, 0) is 48.9 Å². The maximum absolute atomic E-state index is 14.3. The average Bonchev–Trinajstić information content (AvgIpc) is 3.43. The molecule has 43 heavy (non-hydrogen) atoms. The quantitative estimate of drug-likeness (QED) is 0.255. The van der Waals surface area contributed by atoms with Gasteiger partial charge in [-0.2, -0.15) is 0 Å². The maximum Gasteiger partial charge on any atom is 0.253 e. The monoisotopic (exact) mass is 610 g/mol. The van der Waals surface area contributed by atoms with Gasteiger partial charge in [0.05, 0.1) is 43.7 Å². The molecule has 2 aromatic carbocycles. The summed E-state index contributed by atoms with van der Waals surface area (Å²) < 4.78 is 50.0. The zero-order valence-corrected chi connectivity index (χ0v) is 25.2. The first-order valence-corrected chi connectivity index (χ1v) is 15.8. The molecule has 1 saturated heterocycles. The van der Waals surface area contributed by atoms with E-state index in [0.29, 0.717) is 67.7 Å². The minimum atomic E-state index is -2.89. The number of benzene rings is 2. The van der Waals surface area contributed by atoms with E-state index in [4.69, 9.17) is 9.47 Å². The molecule has 0 bridgehead atoms. The van der Waals surface area contributed by atoms with Gasteiger partial charge < -0.3 is 19.7 Å². The first-order valence-electron chi connectivity index (χ1n) is 13.9. The van der Waals surface area contributed by atoms with Crippen molar-refractivity contribution in [1.29, 1.82) is 0 Å². The Morgan fingerprint density at radius 2 is 1.91 bits per heavy atom. The number of aromatic nitrogens is 3. The molecular formula is C30H35FN6O5S. The van der Waals surface area contributed by atoms with Crippen LogP contribution in [0.2, 0.25) is 0 Å². The van der Waals surface area contributed by atoms with Crippen LogP contribution in [0.3, 0.4) is 0 Å². The number of aryl methyl sites for hydroxylation is 1. The third kappa shape index (κ3) is 7.12. The van der Waals surface area contributed by atoms with Crippen LogP contribution in [-0.2, 0) is 14.6 Å². The van der Waals surface area contributed by atoms with E-state index in [1.807, 2.05) is 23.5 Å². The molecule has 0 radical (unpaired) electrons. The highest BCUT2D eigenvalue weighted by Gasteiger charge is 2.21. The molecule has 228 valence electrons. The number of nitrogens with zero attached hydrogens (tertiary/aromatic N) is 5. The number of likely N-dealkylation sites (N-methyl/N-ethyl adjacent to an activating group) is 1. The summed E-state index contributed by atoms with van der Waals surface area (Å²) in [6.45, 7) is 4.92. The number of sulfone groups is 1. The second-order valence-electron chi connectivity index (χ2n) is 10.4. The molecule has 5 rings (SSSR count). The van der Waals surface area contributed by atoms with Crippen LogP contribution in [0.5, 0.6) is 5.75 Å². The highest BCUT2D eigenvalue weighted by atomic mass is 32.2. The molecule has 4 aromatic rings. The minimum absolute atomic E-state index is 0.112. The summed E-state index contributed by atoms with van der Waals surface area (Å²) in [6, 6.07) is 10.2. The Kier molecular flexibility index (Phi) is 9.23. The Morgan fingerprint density at radius 3 is 2.63 bits per heavy atom. The van der Waals surface area contributed by atoms with E-state index >= 15 is 0 Å². The lowest BCUT2D eigenvalue weighted by Crippen LogP contribution is -2.42. The minimum Gasteiger partial charge on any atom is -0.494 e. The normalized spacial score (nSPS) is 15.0. The molecule has 2 aromatic heterocycles. The van der Waals surface area contributed by atoms with E-state index in [1.54, 1.807) is 48.7 Å². The fourth-order valence-electron chi connectivity index (χ4n) is 4.94. The van der Waals surface area contributed by atoms with E-state index in [0.717, 1.165) is 11.3 Å². The predicted molar refractivity (Wildman–Crippen MR) is 162 cm³/mol. The number of carbonyl (C=O) groups is 1. The van der Waals surface area contributed by atoms with Gasteiger partial charge in [0.1, 0.15) is 0 Å². The van der Waals surface area contributed by atoms with Crippen LogP contribution in [0.15, 0.2) is 55.0 Å². The Balaban J connectivity index is 1.18. The maximum atomic E-state index is 14.3. The Morgan fingerprint density at radius 1 is 1.12 bits per heavy atom. The van der Waals surface area contributed by atoms with Crippen LogP contribution in [0, 0.1) is 12.7 Å². The van der Waals surface area contributed by atoms with Gasteiger partial charge in [-0.25, -0.2) is 22.8 Å². The van der Waals surface area contributed by atoms with Crippen LogP contribution in [0.25, 0.3) is 16.9 Å². The molecule has 1 N–H and O–H groups in total. The third-order valence-electron chi connectivity index (χ3n) is 7.50. The smallest absolute Gasteiger partial charge is 0.253 e. The number of methoxy groups -OCH3 is 1. The number of fused-ring (bicyclic) bond motifs is 1. The molecule has 1 aliphatic rings. The van der Waals surface area contributed by atoms with Gasteiger partial charge in [-0.3, -0.25) is 14.1 Å². The van der Waals surface area contributed by atoms with Crippen molar-refractivity contribution in [3.8, 4) is 17.0 Å². The number of nitrogens with one attached hydrogen (secondary N) is 1. The highest BCUT2D eigenvalue weighted by molar-refractivity contribution is 7.91. The summed E-state index contributed by atoms with van der Waals surface area (Å²) in [5.74, 6) is 0.507. The molecule has 3 heterocycles. The average molecular weight is 611 g/mol. The van der Waals surface area contributed by atoms with Crippen molar-refractivity contribution in [3.05, 3.63) is 71.9 Å². The molecule has 0 saturated carbocycles. The van der Waals surface area contributed by atoms with Crippen molar-refractivity contribution in [2.24, 2.45) is 0 Å².